The molecular formula is C21H27N3O3. The van der Waals surface area contributed by atoms with E-state index in [-0.39, 0.29) is 17.7 Å². The lowest BCUT2D eigenvalue weighted by Gasteiger charge is -2.30. The SMILES string of the molecule is COc1ccc(CN(C(=O)C(C)C)[C@H](C)C(=O)NCc2ccccn2)cc1. The maximum absolute atomic E-state index is 12.7. The number of hydrogen-bond donors (Lipinski definition) is 1. The van der Waals surface area contributed by atoms with Gasteiger partial charge in [0.15, 0.2) is 0 Å². The summed E-state index contributed by atoms with van der Waals surface area (Å²) in [7, 11) is 1.61. The van der Waals surface area contributed by atoms with E-state index in [0.717, 1.165) is 17.0 Å². The van der Waals surface area contributed by atoms with Gasteiger partial charge in [-0.15, -0.1) is 0 Å². The van der Waals surface area contributed by atoms with E-state index < -0.39 is 6.04 Å². The molecule has 2 aromatic rings. The van der Waals surface area contributed by atoms with Gasteiger partial charge >= 0.3 is 0 Å². The van der Waals surface area contributed by atoms with E-state index >= 15 is 0 Å². The van der Waals surface area contributed by atoms with Crippen molar-refractivity contribution in [1.29, 1.82) is 0 Å². The Morgan fingerprint density at radius 1 is 1.11 bits per heavy atom. The summed E-state index contributed by atoms with van der Waals surface area (Å²) in [4.78, 5) is 31.1. The number of pyridine rings is 1. The zero-order chi connectivity index (χ0) is 19.8. The van der Waals surface area contributed by atoms with Crippen LogP contribution in [0.3, 0.4) is 0 Å². The molecule has 6 nitrogen and oxygen atoms in total. The standard InChI is InChI=1S/C21H27N3O3/c1-15(2)21(26)24(14-17-8-10-19(27-4)11-9-17)16(3)20(25)23-13-18-7-5-6-12-22-18/h5-12,15-16H,13-14H2,1-4H3,(H,23,25)/t16-/m1/s1. The molecule has 27 heavy (non-hydrogen) atoms. The summed E-state index contributed by atoms with van der Waals surface area (Å²) in [6, 6.07) is 12.4. The third-order valence-corrected chi connectivity index (χ3v) is 4.31. The molecule has 0 saturated carbocycles. The van der Waals surface area contributed by atoms with Crippen molar-refractivity contribution in [3.8, 4) is 5.75 Å². The number of rotatable bonds is 8. The lowest BCUT2D eigenvalue weighted by Crippen LogP contribution is -2.48. The lowest BCUT2D eigenvalue weighted by atomic mass is 10.1. The van der Waals surface area contributed by atoms with Gasteiger partial charge in [0.05, 0.1) is 19.3 Å². The molecule has 0 aliphatic heterocycles. The van der Waals surface area contributed by atoms with Crippen LogP contribution >= 0.6 is 0 Å². The van der Waals surface area contributed by atoms with E-state index in [2.05, 4.69) is 10.3 Å². The lowest BCUT2D eigenvalue weighted by molar-refractivity contribution is -0.143. The van der Waals surface area contributed by atoms with Gasteiger partial charge in [-0.3, -0.25) is 14.6 Å². The van der Waals surface area contributed by atoms with Crippen molar-refractivity contribution in [1.82, 2.24) is 15.2 Å². The summed E-state index contributed by atoms with van der Waals surface area (Å²) >= 11 is 0. The van der Waals surface area contributed by atoms with E-state index in [1.165, 1.54) is 0 Å². The number of methoxy groups -OCH3 is 1. The van der Waals surface area contributed by atoms with Crippen LogP contribution in [0, 0.1) is 5.92 Å². The van der Waals surface area contributed by atoms with Gasteiger partial charge in [0.2, 0.25) is 11.8 Å². The topological polar surface area (TPSA) is 71.5 Å². The van der Waals surface area contributed by atoms with Gasteiger partial charge in [-0.2, -0.15) is 0 Å². The Morgan fingerprint density at radius 2 is 1.81 bits per heavy atom. The minimum absolute atomic E-state index is 0.0636. The predicted octanol–water partition coefficient (Wildman–Crippen LogP) is 2.78. The van der Waals surface area contributed by atoms with Gasteiger partial charge in [-0.1, -0.05) is 32.0 Å². The molecule has 0 aliphatic carbocycles. The number of benzene rings is 1. The van der Waals surface area contributed by atoms with Crippen LogP contribution in [0.5, 0.6) is 5.75 Å². The highest BCUT2D eigenvalue weighted by Crippen LogP contribution is 2.16. The fraction of sp³-hybridized carbons (Fsp3) is 0.381. The summed E-state index contributed by atoms with van der Waals surface area (Å²) in [5.74, 6) is 0.283. The highest BCUT2D eigenvalue weighted by Gasteiger charge is 2.27. The molecule has 0 aliphatic rings. The molecule has 1 N–H and O–H groups in total. The van der Waals surface area contributed by atoms with Gasteiger partial charge in [0.25, 0.3) is 0 Å². The highest BCUT2D eigenvalue weighted by molar-refractivity contribution is 5.88. The molecule has 0 radical (unpaired) electrons. The molecule has 144 valence electrons. The fourth-order valence-corrected chi connectivity index (χ4v) is 2.63. The Labute approximate surface area is 160 Å². The van der Waals surface area contributed by atoms with E-state index in [4.69, 9.17) is 4.74 Å². The molecule has 0 spiro atoms. The first-order valence-electron chi connectivity index (χ1n) is 9.03. The first kappa shape index (κ1) is 20.4. The predicted molar refractivity (Wildman–Crippen MR) is 104 cm³/mol. The summed E-state index contributed by atoms with van der Waals surface area (Å²) in [5, 5.41) is 2.86. The van der Waals surface area contributed by atoms with Gasteiger partial charge in [0, 0.05) is 18.7 Å². The Balaban J connectivity index is 2.09. The van der Waals surface area contributed by atoms with Crippen LogP contribution in [0.15, 0.2) is 48.7 Å². The van der Waals surface area contributed by atoms with Crippen LogP contribution in [-0.2, 0) is 22.7 Å². The van der Waals surface area contributed by atoms with Crippen molar-refractivity contribution >= 4 is 11.8 Å². The molecule has 2 rings (SSSR count). The molecule has 1 atom stereocenters. The van der Waals surface area contributed by atoms with Crippen LogP contribution in [0.25, 0.3) is 0 Å². The number of carbonyl (C=O) groups is 2. The second-order valence-corrected chi connectivity index (χ2v) is 6.68. The van der Waals surface area contributed by atoms with E-state index in [0.29, 0.717) is 13.1 Å². The molecule has 0 unspecified atom stereocenters. The third-order valence-electron chi connectivity index (χ3n) is 4.31. The number of nitrogens with zero attached hydrogens (tertiary/aromatic N) is 2. The van der Waals surface area contributed by atoms with E-state index in [1.54, 1.807) is 25.1 Å². The molecule has 1 aromatic heterocycles. The molecular weight excluding hydrogens is 342 g/mol. The van der Waals surface area contributed by atoms with Gasteiger partial charge in [-0.05, 0) is 36.8 Å². The van der Waals surface area contributed by atoms with Crippen LogP contribution in [0.4, 0.5) is 0 Å². The van der Waals surface area contributed by atoms with Gasteiger partial charge in [0.1, 0.15) is 11.8 Å². The second kappa shape index (κ2) is 9.71. The Kier molecular flexibility index (Phi) is 7.34. The number of amides is 2. The molecule has 2 amide bonds. The first-order valence-corrected chi connectivity index (χ1v) is 9.03. The van der Waals surface area contributed by atoms with Crippen molar-refractivity contribution in [2.75, 3.05) is 7.11 Å². The average Bonchev–Trinajstić information content (AvgIpc) is 2.70. The minimum Gasteiger partial charge on any atom is -0.497 e. The molecule has 0 saturated heterocycles. The monoisotopic (exact) mass is 369 g/mol. The molecule has 6 heteroatoms. The quantitative estimate of drug-likeness (QED) is 0.777. The van der Waals surface area contributed by atoms with Crippen LogP contribution < -0.4 is 10.1 Å². The van der Waals surface area contributed by atoms with Crippen LogP contribution in [0.2, 0.25) is 0 Å². The zero-order valence-electron chi connectivity index (χ0n) is 16.3. The Morgan fingerprint density at radius 3 is 2.37 bits per heavy atom. The van der Waals surface area contributed by atoms with Crippen molar-refractivity contribution in [3.05, 3.63) is 59.9 Å². The maximum Gasteiger partial charge on any atom is 0.242 e. The van der Waals surface area contributed by atoms with Crippen LogP contribution in [0.1, 0.15) is 32.0 Å². The van der Waals surface area contributed by atoms with E-state index in [9.17, 15) is 9.59 Å². The maximum atomic E-state index is 12.7. The Bertz CT molecular complexity index is 745. The number of carbonyl (C=O) groups excluding carboxylic acids is 2. The van der Waals surface area contributed by atoms with E-state index in [1.807, 2.05) is 56.3 Å². The first-order chi connectivity index (χ1) is 12.9. The Hall–Kier alpha value is -2.89. The third kappa shape index (κ3) is 5.81. The number of ether oxygens (including phenoxy) is 1. The van der Waals surface area contributed by atoms with Crippen LogP contribution in [-0.4, -0.2) is 34.8 Å². The fourth-order valence-electron chi connectivity index (χ4n) is 2.63. The summed E-state index contributed by atoms with van der Waals surface area (Å²) in [6.45, 7) is 6.11. The molecule has 1 aromatic carbocycles. The minimum atomic E-state index is -0.592. The highest BCUT2D eigenvalue weighted by atomic mass is 16.5. The zero-order valence-corrected chi connectivity index (χ0v) is 16.3. The largest absolute Gasteiger partial charge is 0.497 e. The number of aromatic nitrogens is 1. The normalized spacial score (nSPS) is 11.7. The average molecular weight is 369 g/mol. The van der Waals surface area contributed by atoms with Gasteiger partial charge in [-0.25, -0.2) is 0 Å². The molecule has 0 bridgehead atoms. The van der Waals surface area contributed by atoms with Crippen molar-refractivity contribution < 1.29 is 14.3 Å². The van der Waals surface area contributed by atoms with Crippen molar-refractivity contribution in [2.24, 2.45) is 5.92 Å². The number of hydrogen-bond acceptors (Lipinski definition) is 4. The summed E-state index contributed by atoms with van der Waals surface area (Å²) in [6.07, 6.45) is 1.68. The van der Waals surface area contributed by atoms with Crippen molar-refractivity contribution in [2.45, 2.75) is 39.9 Å². The van der Waals surface area contributed by atoms with Gasteiger partial charge < -0.3 is 15.0 Å². The molecule has 1 heterocycles. The van der Waals surface area contributed by atoms with Crippen molar-refractivity contribution in [3.63, 3.8) is 0 Å². The molecule has 0 fully saturated rings. The summed E-state index contributed by atoms with van der Waals surface area (Å²) in [5.41, 5.74) is 1.71. The number of nitrogens with one attached hydrogen (secondary N) is 1. The smallest absolute Gasteiger partial charge is 0.242 e. The summed E-state index contributed by atoms with van der Waals surface area (Å²) < 4.78 is 5.17. The second-order valence-electron chi connectivity index (χ2n) is 6.68.